The third-order valence-corrected chi connectivity index (χ3v) is 3.98. The Morgan fingerprint density at radius 1 is 0.679 bits per heavy atom. The van der Waals surface area contributed by atoms with Crippen molar-refractivity contribution >= 4 is 28.4 Å². The lowest BCUT2D eigenvalue weighted by atomic mass is 10.0. The summed E-state index contributed by atoms with van der Waals surface area (Å²) in [5, 5.41) is 21.7. The summed E-state index contributed by atoms with van der Waals surface area (Å²) < 4.78 is 0. The Morgan fingerprint density at radius 3 is 1.43 bits per heavy atom. The van der Waals surface area contributed by atoms with Crippen molar-refractivity contribution in [2.75, 3.05) is 17.2 Å². The van der Waals surface area contributed by atoms with E-state index in [1.807, 2.05) is 31.2 Å². The first-order chi connectivity index (χ1) is 13.2. The van der Waals surface area contributed by atoms with Crippen molar-refractivity contribution in [2.45, 2.75) is 6.92 Å². The molecule has 0 unspecified atom stereocenters. The molecule has 0 saturated carbocycles. The van der Waals surface area contributed by atoms with E-state index in [4.69, 9.17) is 17.2 Å². The van der Waals surface area contributed by atoms with Crippen LogP contribution in [0, 0.1) is 27.2 Å². The number of anilines is 3. The first kappa shape index (κ1) is 20.2. The fraction of sp³-hybridized carbons (Fsp3) is 0.0526. The molecule has 6 N–H and O–H groups in total. The highest BCUT2D eigenvalue weighted by Gasteiger charge is 2.16. The van der Waals surface area contributed by atoms with Crippen LogP contribution in [-0.2, 0) is 0 Å². The van der Waals surface area contributed by atoms with Crippen LogP contribution in [0.2, 0.25) is 0 Å². The molecule has 0 heterocycles. The third-order valence-electron chi connectivity index (χ3n) is 3.98. The van der Waals surface area contributed by atoms with E-state index in [0.29, 0.717) is 11.1 Å². The minimum Gasteiger partial charge on any atom is -0.399 e. The highest BCUT2D eigenvalue weighted by Crippen LogP contribution is 2.32. The van der Waals surface area contributed by atoms with Crippen molar-refractivity contribution in [3.05, 3.63) is 86.5 Å². The molecule has 0 aromatic heterocycles. The minimum absolute atomic E-state index is 0.0312. The van der Waals surface area contributed by atoms with Gasteiger partial charge in [0.2, 0.25) is 0 Å². The molecular weight excluding hydrogens is 362 g/mol. The van der Waals surface area contributed by atoms with E-state index >= 15 is 0 Å². The smallest absolute Gasteiger partial charge is 0.292 e. The SMILES string of the molecule is Cc1ccccc1N.Nc1ccc(-c2ccc(N)c([N+](=O)[O-])c2)cc1[N+](=O)[O-]. The monoisotopic (exact) mass is 381 g/mol. The van der Waals surface area contributed by atoms with Crippen molar-refractivity contribution in [3.63, 3.8) is 0 Å². The Balaban J connectivity index is 0.000000292. The summed E-state index contributed by atoms with van der Waals surface area (Å²) in [6.07, 6.45) is 0. The number of hydrogen-bond donors (Lipinski definition) is 3. The van der Waals surface area contributed by atoms with Crippen LogP contribution < -0.4 is 17.2 Å². The van der Waals surface area contributed by atoms with Gasteiger partial charge in [0, 0.05) is 17.8 Å². The summed E-state index contributed by atoms with van der Waals surface area (Å²) >= 11 is 0. The van der Waals surface area contributed by atoms with E-state index in [9.17, 15) is 20.2 Å². The number of nitro benzene ring substituents is 2. The van der Waals surface area contributed by atoms with Gasteiger partial charge in [-0.05, 0) is 41.8 Å². The standard InChI is InChI=1S/C12H10N4O4.C7H9N/c13-9-3-1-7(5-11(9)15(17)18)8-2-4-10(14)12(6-8)16(19)20;1-6-4-2-3-5-7(6)8/h1-6H,13-14H2;2-5H,8H2,1H3. The van der Waals surface area contributed by atoms with Crippen LogP contribution in [0.4, 0.5) is 28.4 Å². The Labute approximate surface area is 160 Å². The van der Waals surface area contributed by atoms with Crippen LogP contribution in [0.25, 0.3) is 11.1 Å². The number of nitrogens with zero attached hydrogens (tertiary/aromatic N) is 2. The molecule has 9 heteroatoms. The Bertz CT molecular complexity index is 954. The zero-order valence-electron chi connectivity index (χ0n) is 15.0. The fourth-order valence-corrected chi connectivity index (χ4v) is 2.35. The summed E-state index contributed by atoms with van der Waals surface area (Å²) in [5.74, 6) is 0. The molecular formula is C19H19N5O4. The molecule has 0 saturated heterocycles. The first-order valence-corrected chi connectivity index (χ1v) is 8.10. The molecule has 0 radical (unpaired) electrons. The van der Waals surface area contributed by atoms with Gasteiger partial charge in [-0.1, -0.05) is 30.3 Å². The maximum Gasteiger partial charge on any atom is 0.292 e. The predicted octanol–water partition coefficient (Wildman–Crippen LogP) is 3.91. The molecule has 0 aliphatic rings. The summed E-state index contributed by atoms with van der Waals surface area (Å²) in [6.45, 7) is 2.00. The molecule has 0 fully saturated rings. The molecule has 0 aliphatic carbocycles. The van der Waals surface area contributed by atoms with Gasteiger partial charge in [0.05, 0.1) is 9.85 Å². The maximum atomic E-state index is 10.8. The van der Waals surface area contributed by atoms with Gasteiger partial charge >= 0.3 is 0 Å². The lowest BCUT2D eigenvalue weighted by Crippen LogP contribution is -1.97. The highest BCUT2D eigenvalue weighted by atomic mass is 16.6. The van der Waals surface area contributed by atoms with Gasteiger partial charge in [-0.3, -0.25) is 20.2 Å². The van der Waals surface area contributed by atoms with Crippen molar-refractivity contribution in [3.8, 4) is 11.1 Å². The number of benzene rings is 3. The van der Waals surface area contributed by atoms with E-state index in [1.54, 1.807) is 12.1 Å². The number of rotatable bonds is 3. The molecule has 0 atom stereocenters. The Hall–Kier alpha value is -4.14. The summed E-state index contributed by atoms with van der Waals surface area (Å²) in [5.41, 5.74) is 19.0. The zero-order chi connectivity index (χ0) is 20.8. The van der Waals surface area contributed by atoms with Gasteiger partial charge in [0.1, 0.15) is 11.4 Å². The zero-order valence-corrected chi connectivity index (χ0v) is 15.0. The van der Waals surface area contributed by atoms with Crippen molar-refractivity contribution in [2.24, 2.45) is 0 Å². The number of para-hydroxylation sites is 1. The second-order valence-electron chi connectivity index (χ2n) is 5.92. The molecule has 9 nitrogen and oxygen atoms in total. The second-order valence-corrected chi connectivity index (χ2v) is 5.92. The predicted molar refractivity (Wildman–Crippen MR) is 110 cm³/mol. The first-order valence-electron chi connectivity index (χ1n) is 8.10. The Morgan fingerprint density at radius 2 is 1.11 bits per heavy atom. The quantitative estimate of drug-likeness (QED) is 0.351. The lowest BCUT2D eigenvalue weighted by molar-refractivity contribution is -0.384. The van der Waals surface area contributed by atoms with E-state index in [0.717, 1.165) is 11.3 Å². The van der Waals surface area contributed by atoms with Gasteiger partial charge in [0.15, 0.2) is 0 Å². The van der Waals surface area contributed by atoms with E-state index in [-0.39, 0.29) is 22.7 Å². The fourth-order valence-electron chi connectivity index (χ4n) is 2.35. The molecule has 3 rings (SSSR count). The molecule has 3 aromatic carbocycles. The van der Waals surface area contributed by atoms with Crippen LogP contribution >= 0.6 is 0 Å². The second kappa shape index (κ2) is 8.49. The lowest BCUT2D eigenvalue weighted by Gasteiger charge is -2.05. The van der Waals surface area contributed by atoms with Gasteiger partial charge in [-0.2, -0.15) is 0 Å². The van der Waals surface area contributed by atoms with Gasteiger partial charge in [-0.15, -0.1) is 0 Å². The molecule has 0 aliphatic heterocycles. The number of nitro groups is 2. The molecule has 28 heavy (non-hydrogen) atoms. The average molecular weight is 381 g/mol. The average Bonchev–Trinajstić information content (AvgIpc) is 2.65. The van der Waals surface area contributed by atoms with Gasteiger partial charge < -0.3 is 17.2 Å². The summed E-state index contributed by atoms with van der Waals surface area (Å²) in [7, 11) is 0. The number of hydrogen-bond acceptors (Lipinski definition) is 7. The van der Waals surface area contributed by atoms with Crippen molar-refractivity contribution in [1.29, 1.82) is 0 Å². The van der Waals surface area contributed by atoms with E-state index in [1.165, 1.54) is 24.3 Å². The van der Waals surface area contributed by atoms with Crippen molar-refractivity contribution < 1.29 is 9.85 Å². The van der Waals surface area contributed by atoms with E-state index < -0.39 is 9.85 Å². The highest BCUT2D eigenvalue weighted by molar-refractivity contribution is 5.76. The molecule has 0 bridgehead atoms. The minimum atomic E-state index is -0.607. The van der Waals surface area contributed by atoms with Crippen LogP contribution in [0.1, 0.15) is 5.56 Å². The van der Waals surface area contributed by atoms with Crippen molar-refractivity contribution in [1.82, 2.24) is 0 Å². The molecule has 3 aromatic rings. The van der Waals surface area contributed by atoms with Crippen LogP contribution in [-0.4, -0.2) is 9.85 Å². The molecule has 0 amide bonds. The van der Waals surface area contributed by atoms with Gasteiger partial charge in [0.25, 0.3) is 11.4 Å². The third kappa shape index (κ3) is 4.73. The van der Waals surface area contributed by atoms with Crippen LogP contribution in [0.5, 0.6) is 0 Å². The number of nitrogens with two attached hydrogens (primary N) is 3. The van der Waals surface area contributed by atoms with Crippen LogP contribution in [0.3, 0.4) is 0 Å². The Kier molecular flexibility index (Phi) is 6.12. The van der Waals surface area contributed by atoms with E-state index in [2.05, 4.69) is 0 Å². The molecule has 144 valence electrons. The number of aryl methyl sites for hydroxylation is 1. The number of nitrogen functional groups attached to an aromatic ring is 3. The van der Waals surface area contributed by atoms with Gasteiger partial charge in [-0.25, -0.2) is 0 Å². The largest absolute Gasteiger partial charge is 0.399 e. The molecule has 0 spiro atoms. The summed E-state index contributed by atoms with van der Waals surface area (Å²) in [4.78, 5) is 20.5. The van der Waals surface area contributed by atoms with Crippen LogP contribution in [0.15, 0.2) is 60.7 Å². The normalized spacial score (nSPS) is 9.89. The topological polar surface area (TPSA) is 164 Å². The summed E-state index contributed by atoms with van der Waals surface area (Å²) in [6, 6.07) is 16.2. The maximum absolute atomic E-state index is 10.8.